The summed E-state index contributed by atoms with van der Waals surface area (Å²) in [6.45, 7) is 3.08. The van der Waals surface area contributed by atoms with Crippen LogP contribution < -0.4 is 5.32 Å². The minimum absolute atomic E-state index is 0.414. The second kappa shape index (κ2) is 6.20. The number of nitrogens with one attached hydrogen (secondary N) is 1. The highest BCUT2D eigenvalue weighted by Gasteiger charge is 2.08. The van der Waals surface area contributed by atoms with Crippen LogP contribution in [-0.2, 0) is 6.54 Å². The van der Waals surface area contributed by atoms with E-state index in [1.54, 1.807) is 11.3 Å². The Kier molecular flexibility index (Phi) is 4.60. The Hall–Kier alpha value is -0.830. The quantitative estimate of drug-likeness (QED) is 0.830. The molecule has 0 radical (unpaired) electrons. The highest BCUT2D eigenvalue weighted by atomic mass is 35.5. The fraction of sp³-hybridized carbons (Fsp3) is 0.286. The van der Waals surface area contributed by atoms with Crippen molar-refractivity contribution in [2.24, 2.45) is 0 Å². The number of thiophene rings is 1. The maximum absolute atomic E-state index is 5.91. The van der Waals surface area contributed by atoms with Crippen LogP contribution >= 0.6 is 22.9 Å². The van der Waals surface area contributed by atoms with Crippen LogP contribution in [0.5, 0.6) is 0 Å². The van der Waals surface area contributed by atoms with Gasteiger partial charge in [0.2, 0.25) is 0 Å². The molecule has 1 unspecified atom stereocenters. The van der Waals surface area contributed by atoms with Gasteiger partial charge in [-0.25, -0.2) is 0 Å². The molecule has 0 saturated carbocycles. The number of rotatable bonds is 5. The third kappa shape index (κ3) is 3.56. The van der Waals surface area contributed by atoms with E-state index in [1.165, 1.54) is 10.4 Å². The Morgan fingerprint density at radius 1 is 1.29 bits per heavy atom. The van der Waals surface area contributed by atoms with Crippen LogP contribution in [0.3, 0.4) is 0 Å². The van der Waals surface area contributed by atoms with Crippen molar-refractivity contribution in [3.63, 3.8) is 0 Å². The van der Waals surface area contributed by atoms with Gasteiger partial charge in [0.05, 0.1) is 5.02 Å². The molecule has 0 amide bonds. The van der Waals surface area contributed by atoms with Gasteiger partial charge in [0.25, 0.3) is 0 Å². The molecule has 0 saturated heterocycles. The zero-order valence-corrected chi connectivity index (χ0v) is 11.4. The van der Waals surface area contributed by atoms with E-state index in [1.807, 2.05) is 11.4 Å². The molecule has 1 N–H and O–H groups in total. The summed E-state index contributed by atoms with van der Waals surface area (Å²) in [7, 11) is 0. The number of hydrogen-bond acceptors (Lipinski definition) is 2. The first-order valence-electron chi connectivity index (χ1n) is 5.81. The molecule has 0 fully saturated rings. The first-order chi connectivity index (χ1) is 8.29. The maximum atomic E-state index is 5.91. The summed E-state index contributed by atoms with van der Waals surface area (Å²) in [6, 6.07) is 13.0. The molecule has 90 valence electrons. The highest BCUT2D eigenvalue weighted by Crippen LogP contribution is 2.21. The summed E-state index contributed by atoms with van der Waals surface area (Å²) in [6.07, 6.45) is 1.09. The lowest BCUT2D eigenvalue weighted by Crippen LogP contribution is -2.19. The third-order valence-electron chi connectivity index (χ3n) is 2.75. The lowest BCUT2D eigenvalue weighted by Gasteiger charge is -2.16. The first-order valence-corrected chi connectivity index (χ1v) is 7.06. The van der Waals surface area contributed by atoms with E-state index in [2.05, 4.69) is 42.6 Å². The lowest BCUT2D eigenvalue weighted by molar-refractivity contribution is 0.522. The van der Waals surface area contributed by atoms with Crippen molar-refractivity contribution in [3.8, 4) is 0 Å². The lowest BCUT2D eigenvalue weighted by atomic mass is 10.0. The van der Waals surface area contributed by atoms with Gasteiger partial charge in [0, 0.05) is 22.8 Å². The summed E-state index contributed by atoms with van der Waals surface area (Å²) < 4.78 is 0. The van der Waals surface area contributed by atoms with Crippen molar-refractivity contribution in [2.75, 3.05) is 0 Å². The van der Waals surface area contributed by atoms with E-state index in [4.69, 9.17) is 11.6 Å². The van der Waals surface area contributed by atoms with E-state index in [-0.39, 0.29) is 0 Å². The Balaban J connectivity index is 1.97. The van der Waals surface area contributed by atoms with Gasteiger partial charge in [-0.05, 0) is 18.1 Å². The standard InChI is InChI=1S/C14H16ClNS/c1-2-14(11-6-4-3-5-7-11)16-9-13-8-12(15)10-17-13/h3-8,10,14,16H,2,9H2,1H3. The normalized spacial score (nSPS) is 12.6. The van der Waals surface area contributed by atoms with Gasteiger partial charge in [-0.1, -0.05) is 48.9 Å². The SMILES string of the molecule is CCC(NCc1cc(Cl)cs1)c1ccccc1. The molecule has 3 heteroatoms. The first kappa shape index (κ1) is 12.6. The molecule has 1 aromatic carbocycles. The molecular formula is C14H16ClNS. The molecule has 0 bridgehead atoms. The Morgan fingerprint density at radius 3 is 2.65 bits per heavy atom. The van der Waals surface area contributed by atoms with E-state index in [0.29, 0.717) is 6.04 Å². The van der Waals surface area contributed by atoms with Crippen LogP contribution in [0.4, 0.5) is 0 Å². The van der Waals surface area contributed by atoms with Crippen molar-refractivity contribution in [1.82, 2.24) is 5.32 Å². The van der Waals surface area contributed by atoms with Gasteiger partial charge in [0.15, 0.2) is 0 Å². The van der Waals surface area contributed by atoms with Crippen molar-refractivity contribution in [1.29, 1.82) is 0 Å². The minimum atomic E-state index is 0.414. The average Bonchev–Trinajstić information content (AvgIpc) is 2.77. The van der Waals surface area contributed by atoms with Crippen molar-refractivity contribution >= 4 is 22.9 Å². The molecule has 2 rings (SSSR count). The molecule has 0 aliphatic carbocycles. The average molecular weight is 266 g/mol. The molecular weight excluding hydrogens is 250 g/mol. The van der Waals surface area contributed by atoms with E-state index >= 15 is 0 Å². The molecule has 0 aliphatic heterocycles. The van der Waals surface area contributed by atoms with E-state index in [9.17, 15) is 0 Å². The van der Waals surface area contributed by atoms with Crippen LogP contribution in [0.25, 0.3) is 0 Å². The van der Waals surface area contributed by atoms with Crippen LogP contribution in [0.2, 0.25) is 5.02 Å². The topological polar surface area (TPSA) is 12.0 Å². The van der Waals surface area contributed by atoms with Gasteiger partial charge >= 0.3 is 0 Å². The fourth-order valence-corrected chi connectivity index (χ4v) is 2.88. The molecule has 1 nitrogen and oxygen atoms in total. The van der Waals surface area contributed by atoms with Gasteiger partial charge in [-0.2, -0.15) is 0 Å². The highest BCUT2D eigenvalue weighted by molar-refractivity contribution is 7.10. The zero-order valence-electron chi connectivity index (χ0n) is 9.82. The summed E-state index contributed by atoms with van der Waals surface area (Å²) in [5.74, 6) is 0. The second-order valence-electron chi connectivity index (χ2n) is 3.98. The molecule has 1 aromatic heterocycles. The van der Waals surface area contributed by atoms with Crippen LogP contribution in [-0.4, -0.2) is 0 Å². The molecule has 1 atom stereocenters. The van der Waals surface area contributed by atoms with Crippen LogP contribution in [0.15, 0.2) is 41.8 Å². The maximum Gasteiger partial charge on any atom is 0.0516 e. The number of halogens is 1. The predicted octanol–water partition coefficient (Wildman–Crippen LogP) is 4.64. The van der Waals surface area contributed by atoms with Gasteiger partial charge < -0.3 is 5.32 Å². The number of hydrogen-bond donors (Lipinski definition) is 1. The zero-order chi connectivity index (χ0) is 12.1. The van der Waals surface area contributed by atoms with Crippen molar-refractivity contribution in [3.05, 3.63) is 57.2 Å². The Labute approximate surface area is 111 Å². The molecule has 2 aromatic rings. The van der Waals surface area contributed by atoms with Gasteiger partial charge in [-0.15, -0.1) is 11.3 Å². The van der Waals surface area contributed by atoms with Crippen LogP contribution in [0, 0.1) is 0 Å². The minimum Gasteiger partial charge on any atom is -0.305 e. The van der Waals surface area contributed by atoms with Gasteiger partial charge in [-0.3, -0.25) is 0 Å². The Bertz CT molecular complexity index is 452. The summed E-state index contributed by atoms with van der Waals surface area (Å²) in [5, 5.41) is 6.37. The van der Waals surface area contributed by atoms with Gasteiger partial charge in [0.1, 0.15) is 0 Å². The summed E-state index contributed by atoms with van der Waals surface area (Å²) in [4.78, 5) is 1.28. The third-order valence-corrected chi connectivity index (χ3v) is 4.04. The molecule has 0 spiro atoms. The summed E-state index contributed by atoms with van der Waals surface area (Å²) >= 11 is 7.61. The van der Waals surface area contributed by atoms with E-state index < -0.39 is 0 Å². The van der Waals surface area contributed by atoms with Crippen LogP contribution in [0.1, 0.15) is 29.8 Å². The monoisotopic (exact) mass is 265 g/mol. The molecule has 0 aliphatic rings. The Morgan fingerprint density at radius 2 is 2.06 bits per heavy atom. The van der Waals surface area contributed by atoms with E-state index in [0.717, 1.165) is 18.0 Å². The fourth-order valence-electron chi connectivity index (χ4n) is 1.85. The van der Waals surface area contributed by atoms with Crippen molar-refractivity contribution < 1.29 is 0 Å². The predicted molar refractivity (Wildman–Crippen MR) is 75.6 cm³/mol. The smallest absolute Gasteiger partial charge is 0.0516 e. The second-order valence-corrected chi connectivity index (χ2v) is 5.42. The largest absolute Gasteiger partial charge is 0.305 e. The molecule has 17 heavy (non-hydrogen) atoms. The molecule has 1 heterocycles. The number of benzene rings is 1. The van der Waals surface area contributed by atoms with Crippen molar-refractivity contribution in [2.45, 2.75) is 25.9 Å². The summed E-state index contributed by atoms with van der Waals surface area (Å²) in [5.41, 5.74) is 1.35.